The van der Waals surface area contributed by atoms with E-state index >= 15 is 0 Å². The molecule has 0 bridgehead atoms. The molecule has 3 aliphatic rings. The SMILES string of the molecule is CO[C@H]1OC(C)[C@@H](O[C@H]2OC(CO)[C@@](C)(O)C(O)C2O)C(O)C1O.C[C@@H]1C(CO)O[C@H](O)C(O)C1O. The second kappa shape index (κ2) is 13.0. The molecule has 214 valence electrons. The van der Waals surface area contributed by atoms with Crippen LogP contribution in [0.5, 0.6) is 0 Å². The van der Waals surface area contributed by atoms with Crippen LogP contribution in [0.25, 0.3) is 0 Å². The van der Waals surface area contributed by atoms with Crippen LogP contribution in [0.4, 0.5) is 0 Å². The Hall–Kier alpha value is -0.600. The van der Waals surface area contributed by atoms with Crippen LogP contribution >= 0.6 is 0 Å². The van der Waals surface area contributed by atoms with Gasteiger partial charge in [-0.1, -0.05) is 6.92 Å². The van der Waals surface area contributed by atoms with E-state index in [9.17, 15) is 35.7 Å². The number of methoxy groups -OCH3 is 1. The Labute approximate surface area is 208 Å². The molecule has 36 heavy (non-hydrogen) atoms. The van der Waals surface area contributed by atoms with Crippen LogP contribution in [-0.4, -0.2) is 157 Å². The zero-order valence-corrected chi connectivity index (χ0v) is 20.5. The lowest BCUT2D eigenvalue weighted by molar-refractivity contribution is -0.366. The summed E-state index contributed by atoms with van der Waals surface area (Å²) >= 11 is 0. The second-order valence-electron chi connectivity index (χ2n) is 9.45. The molecular weight excluding hydrogens is 492 g/mol. The van der Waals surface area contributed by atoms with E-state index in [-0.39, 0.29) is 12.5 Å². The molecule has 3 rings (SSSR count). The van der Waals surface area contributed by atoms with E-state index < -0.39 is 92.1 Å². The van der Waals surface area contributed by atoms with Gasteiger partial charge in [0.25, 0.3) is 0 Å². The molecule has 15 heteroatoms. The lowest BCUT2D eigenvalue weighted by Gasteiger charge is -2.48. The van der Waals surface area contributed by atoms with Crippen LogP contribution in [0.1, 0.15) is 20.8 Å². The van der Waals surface area contributed by atoms with Gasteiger partial charge in [0.05, 0.1) is 31.5 Å². The van der Waals surface area contributed by atoms with Crippen LogP contribution in [0.15, 0.2) is 0 Å². The summed E-state index contributed by atoms with van der Waals surface area (Å²) in [7, 11) is 1.31. The van der Waals surface area contributed by atoms with Crippen molar-refractivity contribution in [2.75, 3.05) is 20.3 Å². The summed E-state index contributed by atoms with van der Waals surface area (Å²) < 4.78 is 25.9. The average molecular weight is 533 g/mol. The van der Waals surface area contributed by atoms with Gasteiger partial charge in [0, 0.05) is 13.0 Å². The average Bonchev–Trinajstić information content (AvgIpc) is 2.85. The topological polar surface area (TPSA) is 248 Å². The van der Waals surface area contributed by atoms with E-state index in [2.05, 4.69) is 0 Å². The minimum Gasteiger partial charge on any atom is -0.394 e. The summed E-state index contributed by atoms with van der Waals surface area (Å²) in [6, 6.07) is 0. The molecule has 10 N–H and O–H groups in total. The fourth-order valence-corrected chi connectivity index (χ4v) is 4.24. The molecule has 3 fully saturated rings. The largest absolute Gasteiger partial charge is 0.394 e. The number of aliphatic hydroxyl groups is 10. The predicted octanol–water partition coefficient (Wildman–Crippen LogP) is -5.27. The third kappa shape index (κ3) is 6.51. The van der Waals surface area contributed by atoms with E-state index in [4.69, 9.17) is 39.0 Å². The number of hydrogen-bond donors (Lipinski definition) is 10. The zero-order chi connectivity index (χ0) is 27.5. The van der Waals surface area contributed by atoms with Gasteiger partial charge in [-0.3, -0.25) is 0 Å². The van der Waals surface area contributed by atoms with Crippen molar-refractivity contribution in [2.45, 2.75) is 106 Å². The van der Waals surface area contributed by atoms with Gasteiger partial charge in [-0.25, -0.2) is 0 Å². The van der Waals surface area contributed by atoms with E-state index in [1.165, 1.54) is 14.0 Å². The molecular formula is C21H40O15. The molecule has 15 atom stereocenters. The van der Waals surface area contributed by atoms with Gasteiger partial charge in [0.15, 0.2) is 18.9 Å². The first-order valence-corrected chi connectivity index (χ1v) is 11.6. The van der Waals surface area contributed by atoms with Gasteiger partial charge in [-0.15, -0.1) is 0 Å². The standard InChI is InChI=1S/C14H26O10.C7H14O5/c1-5-10(7(16)8(17)12(21-3)22-5)24-13-9(18)11(19)14(2,20)6(4-15)23-13;1-3-4(2-8)12-7(11)6(10)5(3)9/h5-13,15-20H,4H2,1-3H3;3-11H,2H2,1H3/t5?,6?,7?,8?,9?,10-,11?,12+,13-,14-;3-,4?,5?,6?,7+/m11/s1. The molecule has 0 radical (unpaired) electrons. The normalized spacial score (nSPS) is 51.8. The van der Waals surface area contributed by atoms with Crippen LogP contribution < -0.4 is 0 Å². The van der Waals surface area contributed by atoms with E-state index in [1.54, 1.807) is 13.8 Å². The fraction of sp³-hybridized carbons (Fsp3) is 1.00. The fourth-order valence-electron chi connectivity index (χ4n) is 4.24. The van der Waals surface area contributed by atoms with Crippen LogP contribution in [0.2, 0.25) is 0 Å². The Kier molecular flexibility index (Phi) is 11.4. The lowest BCUT2D eigenvalue weighted by atomic mass is 9.86. The van der Waals surface area contributed by atoms with Gasteiger partial charge >= 0.3 is 0 Å². The number of ether oxygens (including phenoxy) is 5. The van der Waals surface area contributed by atoms with Crippen LogP contribution in [0.3, 0.4) is 0 Å². The van der Waals surface area contributed by atoms with Gasteiger partial charge in [-0.05, 0) is 13.8 Å². The highest BCUT2D eigenvalue weighted by atomic mass is 16.7. The van der Waals surface area contributed by atoms with Gasteiger partial charge in [0.1, 0.15) is 48.3 Å². The molecule has 15 nitrogen and oxygen atoms in total. The number of hydrogen-bond acceptors (Lipinski definition) is 15. The Morgan fingerprint density at radius 2 is 1.36 bits per heavy atom. The maximum absolute atomic E-state index is 10.2. The predicted molar refractivity (Wildman–Crippen MR) is 116 cm³/mol. The van der Waals surface area contributed by atoms with Gasteiger partial charge < -0.3 is 74.7 Å². The van der Waals surface area contributed by atoms with Crippen molar-refractivity contribution >= 4 is 0 Å². The summed E-state index contributed by atoms with van der Waals surface area (Å²) in [5.41, 5.74) is -1.89. The van der Waals surface area contributed by atoms with E-state index in [0.717, 1.165) is 0 Å². The number of rotatable bonds is 5. The van der Waals surface area contributed by atoms with Crippen molar-refractivity contribution in [1.82, 2.24) is 0 Å². The third-order valence-electron chi connectivity index (χ3n) is 6.88. The zero-order valence-electron chi connectivity index (χ0n) is 20.5. The summed E-state index contributed by atoms with van der Waals surface area (Å²) in [6.45, 7) is 3.52. The number of aliphatic hydroxyl groups excluding tert-OH is 9. The maximum atomic E-state index is 10.2. The second-order valence-corrected chi connectivity index (χ2v) is 9.45. The Bertz CT molecular complexity index is 658. The smallest absolute Gasteiger partial charge is 0.187 e. The molecule has 0 spiro atoms. The van der Waals surface area contributed by atoms with Crippen LogP contribution in [0, 0.1) is 5.92 Å². The van der Waals surface area contributed by atoms with Crippen molar-refractivity contribution in [1.29, 1.82) is 0 Å². The van der Waals surface area contributed by atoms with E-state index in [1.807, 2.05) is 0 Å². The highest BCUT2D eigenvalue weighted by molar-refractivity contribution is 5.00. The first kappa shape index (κ1) is 31.6. The summed E-state index contributed by atoms with van der Waals surface area (Å²) in [5, 5.41) is 95.9. The van der Waals surface area contributed by atoms with Crippen molar-refractivity contribution < 1.29 is 74.7 Å². The Balaban J connectivity index is 0.000000319. The van der Waals surface area contributed by atoms with Crippen LogP contribution in [-0.2, 0) is 23.7 Å². The molecule has 0 aromatic heterocycles. The lowest BCUT2D eigenvalue weighted by Crippen LogP contribution is -2.67. The minimum absolute atomic E-state index is 0.276. The monoisotopic (exact) mass is 532 g/mol. The van der Waals surface area contributed by atoms with Crippen molar-refractivity contribution in [2.24, 2.45) is 5.92 Å². The first-order chi connectivity index (χ1) is 16.7. The third-order valence-corrected chi connectivity index (χ3v) is 6.88. The quantitative estimate of drug-likeness (QED) is 0.159. The summed E-state index contributed by atoms with van der Waals surface area (Å²) in [4.78, 5) is 0. The molecule has 3 aliphatic heterocycles. The summed E-state index contributed by atoms with van der Waals surface area (Å²) in [5.74, 6) is -0.381. The van der Waals surface area contributed by atoms with Crippen molar-refractivity contribution in [3.63, 3.8) is 0 Å². The molecule has 3 saturated heterocycles. The molecule has 3 heterocycles. The maximum Gasteiger partial charge on any atom is 0.187 e. The molecule has 0 amide bonds. The van der Waals surface area contributed by atoms with Gasteiger partial charge in [-0.2, -0.15) is 0 Å². The minimum atomic E-state index is -1.89. The Morgan fingerprint density at radius 1 is 0.750 bits per heavy atom. The van der Waals surface area contributed by atoms with E-state index in [0.29, 0.717) is 0 Å². The Morgan fingerprint density at radius 3 is 1.89 bits per heavy atom. The van der Waals surface area contributed by atoms with Crippen molar-refractivity contribution in [3.05, 3.63) is 0 Å². The highest BCUT2D eigenvalue weighted by Crippen LogP contribution is 2.33. The molecule has 0 aromatic carbocycles. The molecule has 0 saturated carbocycles. The molecule has 0 aliphatic carbocycles. The summed E-state index contributed by atoms with van der Waals surface area (Å²) in [6.07, 6.45) is -16.0. The van der Waals surface area contributed by atoms with Gasteiger partial charge in [0.2, 0.25) is 0 Å². The first-order valence-electron chi connectivity index (χ1n) is 11.6. The highest BCUT2D eigenvalue weighted by Gasteiger charge is 2.54. The molecule has 0 aromatic rings. The molecule has 9 unspecified atom stereocenters. The van der Waals surface area contributed by atoms with Crippen molar-refractivity contribution in [3.8, 4) is 0 Å².